The first-order valence-corrected chi connectivity index (χ1v) is 6.51. The Kier molecular flexibility index (Phi) is 5.81. The van der Waals surface area contributed by atoms with E-state index in [1.807, 2.05) is 0 Å². The Hall–Kier alpha value is -0.570. The first-order chi connectivity index (χ1) is 7.59. The highest BCUT2D eigenvalue weighted by molar-refractivity contribution is 5.75. The maximum atomic E-state index is 11.6. The van der Waals surface area contributed by atoms with E-state index in [1.54, 1.807) is 0 Å². The lowest BCUT2D eigenvalue weighted by Crippen LogP contribution is -2.34. The molecule has 0 saturated heterocycles. The van der Waals surface area contributed by atoms with Crippen LogP contribution in [0.1, 0.15) is 52.4 Å². The van der Waals surface area contributed by atoms with Gasteiger partial charge in [0.25, 0.3) is 0 Å². The van der Waals surface area contributed by atoms with Crippen molar-refractivity contribution in [2.24, 2.45) is 17.6 Å². The molecule has 0 amide bonds. The van der Waals surface area contributed by atoms with Gasteiger partial charge in [0.15, 0.2) is 0 Å². The second kappa shape index (κ2) is 6.89. The molecule has 0 aliphatic heterocycles. The second-order valence-electron chi connectivity index (χ2n) is 5.37. The van der Waals surface area contributed by atoms with Gasteiger partial charge in [-0.25, -0.2) is 0 Å². The fraction of sp³-hybridized carbons (Fsp3) is 0.923. The van der Waals surface area contributed by atoms with Crippen LogP contribution in [0.4, 0.5) is 0 Å². The topological polar surface area (TPSA) is 52.3 Å². The molecule has 0 aromatic carbocycles. The molecule has 0 spiro atoms. The van der Waals surface area contributed by atoms with Crippen molar-refractivity contribution in [2.75, 3.05) is 6.61 Å². The first kappa shape index (κ1) is 13.5. The van der Waals surface area contributed by atoms with Crippen LogP contribution in [-0.4, -0.2) is 18.6 Å². The highest BCUT2D eigenvalue weighted by atomic mass is 16.5. The average molecular weight is 227 g/mol. The van der Waals surface area contributed by atoms with E-state index in [-0.39, 0.29) is 5.97 Å². The molecule has 1 rings (SSSR count). The number of carbonyl (C=O) groups is 1. The molecule has 3 heteroatoms. The largest absolute Gasteiger partial charge is 0.464 e. The van der Waals surface area contributed by atoms with Crippen LogP contribution in [0.25, 0.3) is 0 Å². The minimum Gasteiger partial charge on any atom is -0.464 e. The third-order valence-electron chi connectivity index (χ3n) is 3.21. The van der Waals surface area contributed by atoms with Gasteiger partial charge >= 0.3 is 5.97 Å². The predicted octanol–water partition coefficient (Wildman–Crippen LogP) is 2.48. The van der Waals surface area contributed by atoms with E-state index >= 15 is 0 Å². The molecule has 1 aliphatic rings. The van der Waals surface area contributed by atoms with E-state index in [0.717, 1.165) is 0 Å². The lowest BCUT2D eigenvalue weighted by Gasteiger charge is -2.22. The average Bonchev–Trinajstić information content (AvgIpc) is 2.26. The zero-order valence-electron chi connectivity index (χ0n) is 10.6. The molecule has 0 radical (unpaired) electrons. The van der Waals surface area contributed by atoms with Gasteiger partial charge in [0, 0.05) is 0 Å². The normalized spacial score (nSPS) is 19.8. The van der Waals surface area contributed by atoms with Gasteiger partial charge in [-0.05, 0) is 31.1 Å². The summed E-state index contributed by atoms with van der Waals surface area (Å²) in [5, 5.41) is 0. The molecule has 1 unspecified atom stereocenters. The lowest BCUT2D eigenvalue weighted by atomic mass is 9.90. The van der Waals surface area contributed by atoms with Crippen molar-refractivity contribution in [1.82, 2.24) is 0 Å². The SMILES string of the molecule is CC(C)CC(N)C(=O)OCC1CCCCC1. The third kappa shape index (κ3) is 4.97. The Morgan fingerprint density at radius 3 is 2.50 bits per heavy atom. The highest BCUT2D eigenvalue weighted by Crippen LogP contribution is 2.23. The fourth-order valence-electron chi connectivity index (χ4n) is 2.26. The molecule has 0 bridgehead atoms. The van der Waals surface area contributed by atoms with Gasteiger partial charge in [-0.1, -0.05) is 33.1 Å². The Morgan fingerprint density at radius 1 is 1.31 bits per heavy atom. The van der Waals surface area contributed by atoms with Gasteiger partial charge < -0.3 is 10.5 Å². The molecule has 3 nitrogen and oxygen atoms in total. The summed E-state index contributed by atoms with van der Waals surface area (Å²) in [5.74, 6) is 0.792. The van der Waals surface area contributed by atoms with Gasteiger partial charge in [0.1, 0.15) is 6.04 Å². The highest BCUT2D eigenvalue weighted by Gasteiger charge is 2.19. The van der Waals surface area contributed by atoms with Crippen molar-refractivity contribution in [2.45, 2.75) is 58.4 Å². The predicted molar refractivity (Wildman–Crippen MR) is 65.0 cm³/mol. The molecular weight excluding hydrogens is 202 g/mol. The van der Waals surface area contributed by atoms with E-state index in [9.17, 15) is 4.79 Å². The van der Waals surface area contributed by atoms with Crippen LogP contribution in [0, 0.1) is 11.8 Å². The maximum Gasteiger partial charge on any atom is 0.322 e. The Bertz CT molecular complexity index is 210. The van der Waals surface area contributed by atoms with E-state index in [4.69, 9.17) is 10.5 Å². The minimum atomic E-state index is -0.441. The second-order valence-corrected chi connectivity index (χ2v) is 5.37. The van der Waals surface area contributed by atoms with Crippen LogP contribution < -0.4 is 5.73 Å². The summed E-state index contributed by atoms with van der Waals surface area (Å²) in [5.41, 5.74) is 5.76. The lowest BCUT2D eigenvalue weighted by molar-refractivity contribution is -0.147. The number of hydrogen-bond acceptors (Lipinski definition) is 3. The van der Waals surface area contributed by atoms with Crippen LogP contribution in [0.15, 0.2) is 0 Å². The van der Waals surface area contributed by atoms with Crippen LogP contribution in [0.5, 0.6) is 0 Å². The molecule has 0 heterocycles. The number of carbonyl (C=O) groups excluding carboxylic acids is 1. The van der Waals surface area contributed by atoms with Gasteiger partial charge in [0.05, 0.1) is 6.61 Å². The number of ether oxygens (including phenoxy) is 1. The fourth-order valence-corrected chi connectivity index (χ4v) is 2.26. The zero-order valence-corrected chi connectivity index (χ0v) is 10.6. The summed E-state index contributed by atoms with van der Waals surface area (Å²) < 4.78 is 5.28. The molecule has 2 N–H and O–H groups in total. The molecular formula is C13H25NO2. The smallest absolute Gasteiger partial charge is 0.322 e. The Morgan fingerprint density at radius 2 is 1.94 bits per heavy atom. The van der Waals surface area contributed by atoms with Crippen LogP contribution in [0.2, 0.25) is 0 Å². The summed E-state index contributed by atoms with van der Waals surface area (Å²) in [6.45, 7) is 4.70. The van der Waals surface area contributed by atoms with Crippen molar-refractivity contribution in [3.63, 3.8) is 0 Å². The van der Waals surface area contributed by atoms with E-state index in [1.165, 1.54) is 32.1 Å². The molecule has 1 atom stereocenters. The summed E-state index contributed by atoms with van der Waals surface area (Å²) in [7, 11) is 0. The van der Waals surface area contributed by atoms with Crippen molar-refractivity contribution in [3.8, 4) is 0 Å². The van der Waals surface area contributed by atoms with Crippen molar-refractivity contribution in [3.05, 3.63) is 0 Å². The summed E-state index contributed by atoms with van der Waals surface area (Å²) in [6.07, 6.45) is 7.00. The summed E-state index contributed by atoms with van der Waals surface area (Å²) in [6, 6.07) is -0.441. The van der Waals surface area contributed by atoms with Crippen molar-refractivity contribution < 1.29 is 9.53 Å². The quantitative estimate of drug-likeness (QED) is 0.734. The molecule has 1 aliphatic carbocycles. The monoisotopic (exact) mass is 227 g/mol. The summed E-state index contributed by atoms with van der Waals surface area (Å²) in [4.78, 5) is 11.6. The van der Waals surface area contributed by atoms with Crippen LogP contribution in [-0.2, 0) is 9.53 Å². The van der Waals surface area contributed by atoms with Gasteiger partial charge in [-0.3, -0.25) is 4.79 Å². The minimum absolute atomic E-state index is 0.223. The molecule has 1 saturated carbocycles. The van der Waals surface area contributed by atoms with Crippen LogP contribution >= 0.6 is 0 Å². The third-order valence-corrected chi connectivity index (χ3v) is 3.21. The first-order valence-electron chi connectivity index (χ1n) is 6.51. The van der Waals surface area contributed by atoms with Gasteiger partial charge in [-0.2, -0.15) is 0 Å². The van der Waals surface area contributed by atoms with Crippen molar-refractivity contribution >= 4 is 5.97 Å². The number of hydrogen-bond donors (Lipinski definition) is 1. The van der Waals surface area contributed by atoms with Gasteiger partial charge in [0.2, 0.25) is 0 Å². The molecule has 16 heavy (non-hydrogen) atoms. The number of nitrogens with two attached hydrogens (primary N) is 1. The number of esters is 1. The Labute approximate surface area is 98.7 Å². The van der Waals surface area contributed by atoms with E-state index < -0.39 is 6.04 Å². The van der Waals surface area contributed by atoms with Crippen LogP contribution in [0.3, 0.4) is 0 Å². The molecule has 0 aromatic rings. The maximum absolute atomic E-state index is 11.6. The Balaban J connectivity index is 2.17. The summed E-state index contributed by atoms with van der Waals surface area (Å²) >= 11 is 0. The van der Waals surface area contributed by atoms with E-state index in [0.29, 0.717) is 24.9 Å². The molecule has 0 aromatic heterocycles. The molecule has 94 valence electrons. The standard InChI is InChI=1S/C13H25NO2/c1-10(2)8-12(14)13(15)16-9-11-6-4-3-5-7-11/h10-12H,3-9,14H2,1-2H3. The molecule has 1 fully saturated rings. The van der Waals surface area contributed by atoms with E-state index in [2.05, 4.69) is 13.8 Å². The zero-order chi connectivity index (χ0) is 12.0. The van der Waals surface area contributed by atoms with Crippen molar-refractivity contribution in [1.29, 1.82) is 0 Å². The van der Waals surface area contributed by atoms with Gasteiger partial charge in [-0.15, -0.1) is 0 Å². The number of rotatable bonds is 5.